The number of hydrogen-bond donors (Lipinski definition) is 1. The first kappa shape index (κ1) is 11.7. The van der Waals surface area contributed by atoms with Crippen molar-refractivity contribution in [2.24, 2.45) is 5.73 Å². The number of rotatable bonds is 4. The van der Waals surface area contributed by atoms with Crippen molar-refractivity contribution in [3.05, 3.63) is 16.1 Å². The molecule has 1 heterocycles. The van der Waals surface area contributed by atoms with Crippen molar-refractivity contribution in [2.75, 3.05) is 6.54 Å². The molecule has 1 aromatic rings. The van der Waals surface area contributed by atoms with Crippen LogP contribution in [-0.2, 0) is 5.41 Å². The number of nitrogens with two attached hydrogens (primary N) is 1. The largest absolute Gasteiger partial charge is 0.330 e. The van der Waals surface area contributed by atoms with E-state index in [1.165, 1.54) is 10.7 Å². The summed E-state index contributed by atoms with van der Waals surface area (Å²) in [5.41, 5.74) is 6.93. The molecule has 1 aromatic heterocycles. The lowest BCUT2D eigenvalue weighted by atomic mass is 9.90. The minimum Gasteiger partial charge on any atom is -0.330 e. The van der Waals surface area contributed by atoms with E-state index in [-0.39, 0.29) is 5.41 Å². The minimum absolute atomic E-state index is 0.132. The highest BCUT2D eigenvalue weighted by Crippen LogP contribution is 2.30. The average molecular weight is 212 g/mol. The van der Waals surface area contributed by atoms with E-state index in [0.717, 1.165) is 13.0 Å². The summed E-state index contributed by atoms with van der Waals surface area (Å²) in [4.78, 5) is 4.66. The molecule has 0 aliphatic rings. The Labute approximate surface area is 90.6 Å². The van der Waals surface area contributed by atoms with Gasteiger partial charge in [0.05, 0.1) is 10.7 Å². The molecular weight excluding hydrogens is 192 g/mol. The van der Waals surface area contributed by atoms with Crippen LogP contribution in [0.1, 0.15) is 50.7 Å². The van der Waals surface area contributed by atoms with Gasteiger partial charge in [0.25, 0.3) is 0 Å². The standard InChI is InChI=1S/C11H20N2S/c1-8(2)9-7-14-10(13-9)11(3,4)5-6-12/h7-8H,5-6,12H2,1-4H3. The van der Waals surface area contributed by atoms with Gasteiger partial charge in [-0.2, -0.15) is 0 Å². The molecule has 0 amide bonds. The summed E-state index contributed by atoms with van der Waals surface area (Å²) in [5.74, 6) is 0.522. The maximum Gasteiger partial charge on any atom is 0.0985 e. The van der Waals surface area contributed by atoms with Gasteiger partial charge in [0.2, 0.25) is 0 Å². The molecule has 0 atom stereocenters. The van der Waals surface area contributed by atoms with Crippen LogP contribution in [-0.4, -0.2) is 11.5 Å². The molecule has 14 heavy (non-hydrogen) atoms. The summed E-state index contributed by atoms with van der Waals surface area (Å²) < 4.78 is 0. The first-order valence-corrected chi connectivity index (χ1v) is 6.01. The lowest BCUT2D eigenvalue weighted by Gasteiger charge is -2.20. The van der Waals surface area contributed by atoms with Gasteiger partial charge in [0.1, 0.15) is 0 Å². The van der Waals surface area contributed by atoms with Gasteiger partial charge in [-0.3, -0.25) is 0 Å². The second kappa shape index (κ2) is 4.41. The lowest BCUT2D eigenvalue weighted by molar-refractivity contribution is 0.483. The van der Waals surface area contributed by atoms with E-state index in [4.69, 9.17) is 5.73 Å². The number of thiazole rings is 1. The summed E-state index contributed by atoms with van der Waals surface area (Å²) in [7, 11) is 0. The lowest BCUT2D eigenvalue weighted by Crippen LogP contribution is -2.21. The summed E-state index contributed by atoms with van der Waals surface area (Å²) in [6.45, 7) is 9.50. The molecule has 1 rings (SSSR count). The number of aromatic nitrogens is 1. The molecule has 0 aromatic carbocycles. The molecule has 0 saturated heterocycles. The molecule has 2 N–H and O–H groups in total. The number of nitrogens with zero attached hydrogens (tertiary/aromatic N) is 1. The SMILES string of the molecule is CC(C)c1csc(C(C)(C)CCN)n1. The Morgan fingerprint density at radius 2 is 2.14 bits per heavy atom. The van der Waals surface area contributed by atoms with Gasteiger partial charge in [-0.25, -0.2) is 4.98 Å². The fourth-order valence-electron chi connectivity index (χ4n) is 1.33. The van der Waals surface area contributed by atoms with Crippen molar-refractivity contribution < 1.29 is 0 Å². The maximum absolute atomic E-state index is 5.60. The molecule has 0 saturated carbocycles. The molecule has 0 bridgehead atoms. The molecule has 80 valence electrons. The van der Waals surface area contributed by atoms with E-state index in [0.29, 0.717) is 5.92 Å². The van der Waals surface area contributed by atoms with E-state index >= 15 is 0 Å². The number of hydrogen-bond acceptors (Lipinski definition) is 3. The predicted molar refractivity (Wildman–Crippen MR) is 62.9 cm³/mol. The van der Waals surface area contributed by atoms with Gasteiger partial charge >= 0.3 is 0 Å². The Balaban J connectivity index is 2.85. The monoisotopic (exact) mass is 212 g/mol. The predicted octanol–water partition coefficient (Wildman–Crippen LogP) is 2.89. The van der Waals surface area contributed by atoms with Crippen LogP contribution in [0, 0.1) is 0 Å². The fourth-order valence-corrected chi connectivity index (χ4v) is 2.47. The van der Waals surface area contributed by atoms with E-state index in [1.807, 2.05) is 0 Å². The van der Waals surface area contributed by atoms with Crippen molar-refractivity contribution in [2.45, 2.75) is 45.4 Å². The minimum atomic E-state index is 0.132. The van der Waals surface area contributed by atoms with Crippen LogP contribution in [0.2, 0.25) is 0 Å². The van der Waals surface area contributed by atoms with E-state index in [2.05, 4.69) is 38.1 Å². The fraction of sp³-hybridized carbons (Fsp3) is 0.727. The maximum atomic E-state index is 5.60. The van der Waals surface area contributed by atoms with Crippen molar-refractivity contribution >= 4 is 11.3 Å². The Hall–Kier alpha value is -0.410. The summed E-state index contributed by atoms with van der Waals surface area (Å²) in [5, 5.41) is 3.38. The molecule has 0 radical (unpaired) electrons. The Morgan fingerprint density at radius 1 is 1.50 bits per heavy atom. The second-order valence-electron chi connectivity index (χ2n) is 4.65. The third-order valence-electron chi connectivity index (χ3n) is 2.46. The van der Waals surface area contributed by atoms with E-state index in [1.54, 1.807) is 11.3 Å². The molecule has 0 fully saturated rings. The molecule has 0 spiro atoms. The molecule has 3 heteroatoms. The quantitative estimate of drug-likeness (QED) is 0.833. The van der Waals surface area contributed by atoms with Crippen LogP contribution in [0.3, 0.4) is 0 Å². The van der Waals surface area contributed by atoms with Crippen molar-refractivity contribution in [3.8, 4) is 0 Å². The van der Waals surface area contributed by atoms with Gasteiger partial charge in [0.15, 0.2) is 0 Å². The highest BCUT2D eigenvalue weighted by Gasteiger charge is 2.23. The average Bonchev–Trinajstić information content (AvgIpc) is 2.51. The zero-order valence-corrected chi connectivity index (χ0v) is 10.3. The zero-order valence-electron chi connectivity index (χ0n) is 9.50. The summed E-state index contributed by atoms with van der Waals surface area (Å²) in [6, 6.07) is 0. The van der Waals surface area contributed by atoms with Gasteiger partial charge in [-0.05, 0) is 18.9 Å². The topological polar surface area (TPSA) is 38.9 Å². The Morgan fingerprint density at radius 3 is 2.57 bits per heavy atom. The molecule has 0 aliphatic heterocycles. The third kappa shape index (κ3) is 2.55. The Bertz CT molecular complexity index is 289. The van der Waals surface area contributed by atoms with Crippen LogP contribution in [0.4, 0.5) is 0 Å². The zero-order chi connectivity index (χ0) is 10.8. The van der Waals surface area contributed by atoms with Crippen LogP contribution in [0.5, 0.6) is 0 Å². The van der Waals surface area contributed by atoms with Crippen LogP contribution in [0.15, 0.2) is 5.38 Å². The van der Waals surface area contributed by atoms with Gasteiger partial charge in [-0.1, -0.05) is 27.7 Å². The molecular formula is C11H20N2S. The van der Waals surface area contributed by atoms with Crippen molar-refractivity contribution in [1.82, 2.24) is 4.98 Å². The van der Waals surface area contributed by atoms with Crippen LogP contribution >= 0.6 is 11.3 Å². The van der Waals surface area contributed by atoms with E-state index < -0.39 is 0 Å². The van der Waals surface area contributed by atoms with Gasteiger partial charge in [0, 0.05) is 10.8 Å². The molecule has 0 unspecified atom stereocenters. The second-order valence-corrected chi connectivity index (χ2v) is 5.51. The Kier molecular flexibility index (Phi) is 3.67. The first-order chi connectivity index (χ1) is 6.47. The van der Waals surface area contributed by atoms with Crippen molar-refractivity contribution in [1.29, 1.82) is 0 Å². The van der Waals surface area contributed by atoms with Gasteiger partial charge < -0.3 is 5.73 Å². The summed E-state index contributed by atoms with van der Waals surface area (Å²) in [6.07, 6.45) is 0.998. The normalized spacial score (nSPS) is 12.4. The molecule has 0 aliphatic carbocycles. The van der Waals surface area contributed by atoms with Crippen LogP contribution in [0.25, 0.3) is 0 Å². The first-order valence-electron chi connectivity index (χ1n) is 5.13. The van der Waals surface area contributed by atoms with Gasteiger partial charge in [-0.15, -0.1) is 11.3 Å². The third-order valence-corrected chi connectivity index (χ3v) is 3.69. The highest BCUT2D eigenvalue weighted by atomic mass is 32.1. The molecule has 2 nitrogen and oxygen atoms in total. The van der Waals surface area contributed by atoms with Crippen LogP contribution < -0.4 is 5.73 Å². The smallest absolute Gasteiger partial charge is 0.0985 e. The van der Waals surface area contributed by atoms with Crippen molar-refractivity contribution in [3.63, 3.8) is 0 Å². The highest BCUT2D eigenvalue weighted by molar-refractivity contribution is 7.09. The van der Waals surface area contributed by atoms with E-state index in [9.17, 15) is 0 Å². The summed E-state index contributed by atoms with van der Waals surface area (Å²) >= 11 is 1.76.